The minimum absolute atomic E-state index is 0.449. The summed E-state index contributed by atoms with van der Waals surface area (Å²) in [5, 5.41) is 1.99. The second-order valence-electron chi connectivity index (χ2n) is 5.72. The van der Waals surface area contributed by atoms with Gasteiger partial charge in [-0.3, -0.25) is 0 Å². The number of hydrogen-bond donors (Lipinski definition) is 0. The fourth-order valence-corrected chi connectivity index (χ4v) is 5.58. The van der Waals surface area contributed by atoms with Crippen molar-refractivity contribution >= 4 is 20.0 Å². The van der Waals surface area contributed by atoms with Crippen LogP contribution in [-0.2, 0) is 0 Å². The normalized spacial score (nSPS) is 18.3. The van der Waals surface area contributed by atoms with Crippen LogP contribution >= 0.6 is 11.8 Å². The highest BCUT2D eigenvalue weighted by Crippen LogP contribution is 2.43. The lowest BCUT2D eigenvalue weighted by molar-refractivity contribution is 0.534. The molecular formula is C12H25NSSi. The summed E-state index contributed by atoms with van der Waals surface area (Å²) in [7, 11) is -1.33. The lowest BCUT2D eigenvalue weighted by Gasteiger charge is -2.46. The Morgan fingerprint density at radius 1 is 1.40 bits per heavy atom. The zero-order chi connectivity index (χ0) is 11.7. The zero-order valence-electron chi connectivity index (χ0n) is 11.1. The maximum atomic E-state index is 2.72. The molecule has 88 valence electrons. The van der Waals surface area contributed by atoms with E-state index in [1.807, 2.05) is 11.8 Å². The maximum Gasteiger partial charge on any atom is 0.156 e. The van der Waals surface area contributed by atoms with E-state index < -0.39 is 8.24 Å². The third-order valence-electron chi connectivity index (χ3n) is 3.74. The summed E-state index contributed by atoms with van der Waals surface area (Å²) in [4.78, 5) is 0. The summed E-state index contributed by atoms with van der Waals surface area (Å²) in [6, 6.07) is 0. The average Bonchev–Trinajstić information content (AvgIpc) is 2.51. The summed E-state index contributed by atoms with van der Waals surface area (Å²) in [6.45, 7) is 15.7. The van der Waals surface area contributed by atoms with E-state index in [0.29, 0.717) is 5.04 Å². The topological polar surface area (TPSA) is 3.24 Å². The van der Waals surface area contributed by atoms with Gasteiger partial charge in [0.05, 0.1) is 5.03 Å². The Bertz CT molecular complexity index is 253. The van der Waals surface area contributed by atoms with E-state index in [0.717, 1.165) is 0 Å². The maximum absolute atomic E-state index is 2.72. The molecule has 0 spiro atoms. The van der Waals surface area contributed by atoms with Crippen molar-refractivity contribution in [3.05, 3.63) is 11.1 Å². The van der Waals surface area contributed by atoms with E-state index in [1.165, 1.54) is 18.7 Å². The predicted octanol–water partition coefficient (Wildman–Crippen LogP) is 4.29. The van der Waals surface area contributed by atoms with Crippen molar-refractivity contribution in [3.63, 3.8) is 0 Å². The van der Waals surface area contributed by atoms with Crippen molar-refractivity contribution in [1.29, 1.82) is 0 Å². The summed E-state index contributed by atoms with van der Waals surface area (Å²) in [6.07, 6.45) is 3.67. The number of thioether (sulfide) groups is 1. The molecule has 1 aliphatic rings. The summed E-state index contributed by atoms with van der Waals surface area (Å²) >= 11 is 2.01. The predicted molar refractivity (Wildman–Crippen MR) is 74.7 cm³/mol. The molecule has 0 saturated carbocycles. The van der Waals surface area contributed by atoms with Crippen LogP contribution in [0.1, 0.15) is 34.1 Å². The van der Waals surface area contributed by atoms with Crippen LogP contribution in [-0.4, -0.2) is 25.1 Å². The van der Waals surface area contributed by atoms with Crippen LogP contribution in [0.3, 0.4) is 0 Å². The Kier molecular flexibility index (Phi) is 3.99. The average molecular weight is 243 g/mol. The van der Waals surface area contributed by atoms with Crippen LogP contribution in [0.2, 0.25) is 18.1 Å². The molecule has 3 heteroatoms. The van der Waals surface area contributed by atoms with Gasteiger partial charge in [-0.25, -0.2) is 0 Å². The molecule has 1 heterocycles. The smallest absolute Gasteiger partial charge is 0.156 e. The summed E-state index contributed by atoms with van der Waals surface area (Å²) < 4.78 is 2.72. The molecule has 0 saturated heterocycles. The highest BCUT2D eigenvalue weighted by atomic mass is 32.2. The van der Waals surface area contributed by atoms with E-state index in [1.54, 1.807) is 5.03 Å². The first-order valence-corrected chi connectivity index (χ1v) is 9.84. The van der Waals surface area contributed by atoms with Gasteiger partial charge >= 0.3 is 0 Å². The van der Waals surface area contributed by atoms with Crippen LogP contribution in [0.5, 0.6) is 0 Å². The van der Waals surface area contributed by atoms with Gasteiger partial charge in [0.2, 0.25) is 0 Å². The Hall–Kier alpha value is 0.107. The SMILES string of the molecule is CCSC1=CCCN1[Si](C)(C)C(C)(C)C. The fourth-order valence-electron chi connectivity index (χ4n) is 1.78. The minimum atomic E-state index is -1.33. The zero-order valence-corrected chi connectivity index (χ0v) is 12.9. The Balaban J connectivity index is 2.84. The fraction of sp³-hybridized carbons (Fsp3) is 0.833. The summed E-state index contributed by atoms with van der Waals surface area (Å²) in [5.41, 5.74) is 0. The lowest BCUT2D eigenvalue weighted by atomic mass is 10.2. The Morgan fingerprint density at radius 3 is 2.47 bits per heavy atom. The first kappa shape index (κ1) is 13.2. The molecule has 1 aliphatic heterocycles. The van der Waals surface area contributed by atoms with Gasteiger partial charge in [-0.05, 0) is 17.2 Å². The number of nitrogens with zero attached hydrogens (tertiary/aromatic N) is 1. The van der Waals surface area contributed by atoms with Gasteiger partial charge in [-0.2, -0.15) is 0 Å². The molecule has 1 rings (SSSR count). The quantitative estimate of drug-likeness (QED) is 0.680. The molecule has 0 aromatic rings. The van der Waals surface area contributed by atoms with Gasteiger partial charge in [0.1, 0.15) is 0 Å². The highest BCUT2D eigenvalue weighted by molar-refractivity contribution is 8.03. The van der Waals surface area contributed by atoms with Crippen molar-refractivity contribution in [2.75, 3.05) is 12.3 Å². The number of rotatable bonds is 3. The van der Waals surface area contributed by atoms with Crippen molar-refractivity contribution in [3.8, 4) is 0 Å². The molecule has 0 atom stereocenters. The van der Waals surface area contributed by atoms with Gasteiger partial charge in [-0.1, -0.05) is 46.9 Å². The van der Waals surface area contributed by atoms with Gasteiger partial charge in [0.15, 0.2) is 8.24 Å². The molecule has 0 bridgehead atoms. The third kappa shape index (κ3) is 2.62. The van der Waals surface area contributed by atoms with Crippen molar-refractivity contribution < 1.29 is 0 Å². The van der Waals surface area contributed by atoms with Crippen LogP contribution in [0, 0.1) is 0 Å². The summed E-state index contributed by atoms with van der Waals surface area (Å²) in [5.74, 6) is 1.19. The molecule has 1 nitrogen and oxygen atoms in total. The van der Waals surface area contributed by atoms with Crippen LogP contribution in [0.15, 0.2) is 11.1 Å². The van der Waals surface area contributed by atoms with E-state index >= 15 is 0 Å². The van der Waals surface area contributed by atoms with Crippen molar-refractivity contribution in [2.24, 2.45) is 0 Å². The molecule has 0 aromatic carbocycles. The molecule has 0 amide bonds. The van der Waals surface area contributed by atoms with Crippen LogP contribution < -0.4 is 0 Å². The van der Waals surface area contributed by atoms with Gasteiger partial charge in [-0.15, -0.1) is 11.8 Å². The minimum Gasteiger partial charge on any atom is -0.392 e. The van der Waals surface area contributed by atoms with E-state index in [-0.39, 0.29) is 0 Å². The Labute approximate surface area is 100 Å². The molecule has 0 radical (unpaired) electrons. The van der Waals surface area contributed by atoms with Crippen LogP contribution in [0.25, 0.3) is 0 Å². The van der Waals surface area contributed by atoms with Crippen molar-refractivity contribution in [2.45, 2.75) is 52.2 Å². The van der Waals surface area contributed by atoms with Crippen molar-refractivity contribution in [1.82, 2.24) is 4.57 Å². The van der Waals surface area contributed by atoms with Crippen LogP contribution in [0.4, 0.5) is 0 Å². The van der Waals surface area contributed by atoms with Gasteiger partial charge in [0.25, 0.3) is 0 Å². The van der Waals surface area contributed by atoms with E-state index in [9.17, 15) is 0 Å². The standard InChI is InChI=1S/C12H25NSSi/c1-7-14-11-9-8-10-13(11)15(5,6)12(2,3)4/h9H,7-8,10H2,1-6H3. The van der Waals surface area contributed by atoms with E-state index in [2.05, 4.69) is 51.4 Å². The molecular weight excluding hydrogens is 218 g/mol. The second kappa shape index (κ2) is 4.54. The molecule has 0 N–H and O–H groups in total. The van der Waals surface area contributed by atoms with E-state index in [4.69, 9.17) is 0 Å². The molecule has 15 heavy (non-hydrogen) atoms. The monoisotopic (exact) mass is 243 g/mol. The third-order valence-corrected chi connectivity index (χ3v) is 10.4. The molecule has 0 aromatic heterocycles. The lowest BCUT2D eigenvalue weighted by Crippen LogP contribution is -2.52. The highest BCUT2D eigenvalue weighted by Gasteiger charge is 2.42. The molecule has 0 fully saturated rings. The van der Waals surface area contributed by atoms with Gasteiger partial charge < -0.3 is 4.57 Å². The Morgan fingerprint density at radius 2 is 2.00 bits per heavy atom. The largest absolute Gasteiger partial charge is 0.392 e. The first-order chi connectivity index (χ1) is 6.80. The second-order valence-corrected chi connectivity index (χ2v) is 12.2. The molecule has 0 aliphatic carbocycles. The first-order valence-electron chi connectivity index (χ1n) is 5.91. The number of hydrogen-bond acceptors (Lipinski definition) is 2. The molecule has 0 unspecified atom stereocenters. The van der Waals surface area contributed by atoms with Gasteiger partial charge in [0, 0.05) is 6.54 Å².